The number of aryl methyl sites for hydroxylation is 1. The summed E-state index contributed by atoms with van der Waals surface area (Å²) in [5.41, 5.74) is 2.16. The van der Waals surface area contributed by atoms with Gasteiger partial charge in [0, 0.05) is 5.56 Å². The molecule has 5 nitrogen and oxygen atoms in total. The van der Waals surface area contributed by atoms with Crippen molar-refractivity contribution in [3.8, 4) is 0 Å². The molecule has 1 aliphatic carbocycles. The van der Waals surface area contributed by atoms with E-state index in [1.165, 1.54) is 11.8 Å². The van der Waals surface area contributed by atoms with Crippen LogP contribution < -0.4 is 10.9 Å². The second-order valence-corrected chi connectivity index (χ2v) is 6.69. The van der Waals surface area contributed by atoms with E-state index in [1.807, 2.05) is 0 Å². The molecular formula is C16H16ClN3O2S. The molecule has 2 aromatic rings. The normalized spacial score (nSPS) is 13.4. The number of aromatic amines is 1. The van der Waals surface area contributed by atoms with Gasteiger partial charge in [-0.2, -0.15) is 0 Å². The van der Waals surface area contributed by atoms with Gasteiger partial charge in [0.15, 0.2) is 5.16 Å². The number of nitrogens with one attached hydrogen (secondary N) is 2. The van der Waals surface area contributed by atoms with Crippen LogP contribution in [0.5, 0.6) is 0 Å². The quantitative estimate of drug-likeness (QED) is 0.657. The monoisotopic (exact) mass is 349 g/mol. The molecule has 1 amide bonds. The predicted molar refractivity (Wildman–Crippen MR) is 92.3 cm³/mol. The van der Waals surface area contributed by atoms with E-state index < -0.39 is 0 Å². The van der Waals surface area contributed by atoms with Gasteiger partial charge in [-0.3, -0.25) is 9.59 Å². The number of H-pyrrole nitrogens is 1. The van der Waals surface area contributed by atoms with Gasteiger partial charge >= 0.3 is 0 Å². The Balaban J connectivity index is 1.64. The largest absolute Gasteiger partial charge is 0.324 e. The van der Waals surface area contributed by atoms with Crippen LogP contribution >= 0.6 is 23.4 Å². The van der Waals surface area contributed by atoms with Crippen LogP contribution in [0, 0.1) is 0 Å². The third kappa shape index (κ3) is 3.95. The van der Waals surface area contributed by atoms with Crippen molar-refractivity contribution in [2.24, 2.45) is 0 Å². The number of amides is 1. The molecule has 2 N–H and O–H groups in total. The number of rotatable bonds is 4. The fourth-order valence-electron chi connectivity index (χ4n) is 2.53. The lowest BCUT2D eigenvalue weighted by Crippen LogP contribution is -2.22. The minimum absolute atomic E-state index is 0.0799. The Hall–Kier alpha value is -1.79. The van der Waals surface area contributed by atoms with Gasteiger partial charge in [-0.25, -0.2) is 4.98 Å². The van der Waals surface area contributed by atoms with Crippen LogP contribution in [-0.2, 0) is 17.6 Å². The Kier molecular flexibility index (Phi) is 5.03. The number of fused-ring (bicyclic) bond motifs is 1. The molecule has 1 aliphatic rings. The van der Waals surface area contributed by atoms with Gasteiger partial charge in [-0.15, -0.1) is 0 Å². The number of aromatic nitrogens is 2. The lowest BCUT2D eigenvalue weighted by molar-refractivity contribution is -0.113. The molecule has 1 heterocycles. The molecule has 0 atom stereocenters. The van der Waals surface area contributed by atoms with Crippen LogP contribution in [0.3, 0.4) is 0 Å². The number of hydrogen-bond acceptors (Lipinski definition) is 4. The molecule has 120 valence electrons. The van der Waals surface area contributed by atoms with Crippen molar-refractivity contribution in [2.75, 3.05) is 11.1 Å². The smallest absolute Gasteiger partial charge is 0.254 e. The molecule has 7 heteroatoms. The van der Waals surface area contributed by atoms with Gasteiger partial charge < -0.3 is 10.3 Å². The summed E-state index contributed by atoms with van der Waals surface area (Å²) in [4.78, 5) is 31.3. The van der Waals surface area contributed by atoms with E-state index in [0.717, 1.165) is 36.9 Å². The lowest BCUT2D eigenvalue weighted by Gasteiger charge is -2.14. The Morgan fingerprint density at radius 2 is 2.09 bits per heavy atom. The fourth-order valence-corrected chi connectivity index (χ4v) is 3.39. The van der Waals surface area contributed by atoms with Gasteiger partial charge in [-0.05, 0) is 37.8 Å². The first-order valence-electron chi connectivity index (χ1n) is 7.43. The number of halogens is 1. The van der Waals surface area contributed by atoms with Crippen molar-refractivity contribution >= 4 is 35.0 Å². The zero-order chi connectivity index (χ0) is 16.2. The van der Waals surface area contributed by atoms with Crippen LogP contribution in [0.1, 0.15) is 24.1 Å². The molecule has 0 aliphatic heterocycles. The van der Waals surface area contributed by atoms with E-state index in [4.69, 9.17) is 11.6 Å². The maximum atomic E-state index is 12.0. The number of carbonyl (C=O) groups excluding carboxylic acids is 1. The molecule has 0 saturated carbocycles. The summed E-state index contributed by atoms with van der Waals surface area (Å²) in [6.45, 7) is 0. The third-order valence-electron chi connectivity index (χ3n) is 3.66. The minimum atomic E-state index is -0.191. The Labute approximate surface area is 142 Å². The standard InChI is InChI=1S/C16H16ClN3O2S/c17-11-6-2-4-8-13(11)18-14(21)9-23-16-19-12-7-3-1-5-10(12)15(22)20-16/h2,4,6,8H,1,3,5,7,9H2,(H,18,21)(H,19,20,22). The average molecular weight is 350 g/mol. The fraction of sp³-hybridized carbons (Fsp3) is 0.312. The third-order valence-corrected chi connectivity index (χ3v) is 4.86. The van der Waals surface area contributed by atoms with Gasteiger partial charge in [0.1, 0.15) is 0 Å². The van der Waals surface area contributed by atoms with E-state index in [0.29, 0.717) is 15.9 Å². The van der Waals surface area contributed by atoms with E-state index in [1.54, 1.807) is 24.3 Å². The molecule has 3 rings (SSSR count). The van der Waals surface area contributed by atoms with Gasteiger partial charge in [-0.1, -0.05) is 35.5 Å². The Morgan fingerprint density at radius 1 is 1.30 bits per heavy atom. The highest BCUT2D eigenvalue weighted by atomic mass is 35.5. The maximum Gasteiger partial charge on any atom is 0.254 e. The maximum absolute atomic E-state index is 12.0. The van der Waals surface area contributed by atoms with E-state index in [9.17, 15) is 9.59 Å². The van der Waals surface area contributed by atoms with Crippen molar-refractivity contribution in [1.82, 2.24) is 9.97 Å². The van der Waals surface area contributed by atoms with E-state index in [-0.39, 0.29) is 17.2 Å². The zero-order valence-electron chi connectivity index (χ0n) is 12.4. The number of benzene rings is 1. The first kappa shape index (κ1) is 16.1. The summed E-state index contributed by atoms with van der Waals surface area (Å²) in [5, 5.41) is 3.73. The highest BCUT2D eigenvalue weighted by molar-refractivity contribution is 7.99. The lowest BCUT2D eigenvalue weighted by atomic mass is 9.97. The Bertz CT molecular complexity index is 791. The average Bonchev–Trinajstić information content (AvgIpc) is 2.55. The molecule has 0 spiro atoms. The van der Waals surface area contributed by atoms with Crippen molar-refractivity contribution in [3.63, 3.8) is 0 Å². The number of carbonyl (C=O) groups is 1. The summed E-state index contributed by atoms with van der Waals surface area (Å²) in [5.74, 6) is -0.0316. The molecule has 0 saturated heterocycles. The van der Waals surface area contributed by atoms with Crippen molar-refractivity contribution in [3.05, 3.63) is 50.9 Å². The first-order chi connectivity index (χ1) is 11.1. The predicted octanol–water partition coefficient (Wildman–Crippen LogP) is 3.03. The number of thioether (sulfide) groups is 1. The summed E-state index contributed by atoms with van der Waals surface area (Å²) in [6, 6.07) is 7.06. The van der Waals surface area contributed by atoms with Gasteiger partial charge in [0.05, 0.1) is 22.2 Å². The highest BCUT2D eigenvalue weighted by Gasteiger charge is 2.16. The molecule has 0 fully saturated rings. The molecule has 1 aromatic heterocycles. The summed E-state index contributed by atoms with van der Waals surface area (Å²) < 4.78 is 0. The number of nitrogens with zero attached hydrogens (tertiary/aromatic N) is 1. The highest BCUT2D eigenvalue weighted by Crippen LogP contribution is 2.22. The van der Waals surface area contributed by atoms with Crippen molar-refractivity contribution in [1.29, 1.82) is 0 Å². The second-order valence-electron chi connectivity index (χ2n) is 5.32. The molecule has 0 radical (unpaired) electrons. The molecule has 1 aromatic carbocycles. The second kappa shape index (κ2) is 7.19. The molecular weight excluding hydrogens is 334 g/mol. The minimum Gasteiger partial charge on any atom is -0.324 e. The van der Waals surface area contributed by atoms with Gasteiger partial charge in [0.2, 0.25) is 5.91 Å². The van der Waals surface area contributed by atoms with Crippen molar-refractivity contribution < 1.29 is 4.79 Å². The topological polar surface area (TPSA) is 74.8 Å². The Morgan fingerprint density at radius 3 is 2.91 bits per heavy atom. The van der Waals surface area contributed by atoms with Crippen LogP contribution in [0.2, 0.25) is 5.02 Å². The van der Waals surface area contributed by atoms with E-state index >= 15 is 0 Å². The van der Waals surface area contributed by atoms with Crippen LogP contribution in [0.15, 0.2) is 34.2 Å². The first-order valence-corrected chi connectivity index (χ1v) is 8.79. The summed E-state index contributed by atoms with van der Waals surface area (Å²) in [6.07, 6.45) is 3.71. The van der Waals surface area contributed by atoms with Crippen LogP contribution in [-0.4, -0.2) is 21.6 Å². The van der Waals surface area contributed by atoms with Crippen LogP contribution in [0.25, 0.3) is 0 Å². The molecule has 23 heavy (non-hydrogen) atoms. The summed E-state index contributed by atoms with van der Waals surface area (Å²) >= 11 is 7.22. The summed E-state index contributed by atoms with van der Waals surface area (Å²) in [7, 11) is 0. The SMILES string of the molecule is O=C(CSc1nc2c(c(=O)[nH]1)CCCC2)Nc1ccccc1Cl. The number of hydrogen-bond donors (Lipinski definition) is 2. The molecule has 0 bridgehead atoms. The van der Waals surface area contributed by atoms with Crippen molar-refractivity contribution in [2.45, 2.75) is 30.8 Å². The van der Waals surface area contributed by atoms with E-state index in [2.05, 4.69) is 15.3 Å². The number of anilines is 1. The number of para-hydroxylation sites is 1. The van der Waals surface area contributed by atoms with Crippen LogP contribution in [0.4, 0.5) is 5.69 Å². The zero-order valence-corrected chi connectivity index (χ0v) is 14.0. The molecule has 0 unspecified atom stereocenters. The van der Waals surface area contributed by atoms with Gasteiger partial charge in [0.25, 0.3) is 5.56 Å².